The first-order valence-electron chi connectivity index (χ1n) is 11.9. The molecule has 0 saturated heterocycles. The van der Waals surface area contributed by atoms with Crippen LogP contribution in [-0.2, 0) is 17.9 Å². The van der Waals surface area contributed by atoms with Gasteiger partial charge >= 0.3 is 0 Å². The minimum atomic E-state index is -0.636. The molecule has 2 aliphatic rings. The van der Waals surface area contributed by atoms with Crippen molar-refractivity contribution in [3.63, 3.8) is 0 Å². The summed E-state index contributed by atoms with van der Waals surface area (Å²) in [5, 5.41) is 17.7. The van der Waals surface area contributed by atoms with Crippen LogP contribution >= 0.6 is 0 Å². The molecule has 2 aliphatic carbocycles. The maximum absolute atomic E-state index is 12.7. The molecule has 0 spiro atoms. The van der Waals surface area contributed by atoms with Crippen LogP contribution in [0, 0.1) is 16.7 Å². The van der Waals surface area contributed by atoms with Gasteiger partial charge in [0.2, 0.25) is 5.91 Å². The molecule has 0 unspecified atom stereocenters. The number of nitrogens with one attached hydrogen (secondary N) is 2. The van der Waals surface area contributed by atoms with Crippen molar-refractivity contribution in [2.75, 3.05) is 0 Å². The fourth-order valence-electron chi connectivity index (χ4n) is 6.28. The van der Waals surface area contributed by atoms with Gasteiger partial charge in [-0.25, -0.2) is 0 Å². The Morgan fingerprint density at radius 3 is 2.72 bits per heavy atom. The van der Waals surface area contributed by atoms with Crippen molar-refractivity contribution in [1.82, 2.24) is 15.6 Å². The van der Waals surface area contributed by atoms with E-state index in [4.69, 9.17) is 4.42 Å². The van der Waals surface area contributed by atoms with Crippen LogP contribution in [0.15, 0.2) is 47.2 Å². The van der Waals surface area contributed by atoms with Crippen LogP contribution in [0.3, 0.4) is 0 Å². The zero-order valence-electron chi connectivity index (χ0n) is 19.6. The molecule has 4 rings (SSSR count). The fourth-order valence-corrected chi connectivity index (χ4v) is 6.28. The van der Waals surface area contributed by atoms with Crippen LogP contribution in [0.2, 0.25) is 0 Å². The smallest absolute Gasteiger partial charge is 0.220 e. The van der Waals surface area contributed by atoms with Crippen molar-refractivity contribution in [2.45, 2.75) is 84.0 Å². The molecule has 0 aromatic carbocycles. The highest BCUT2D eigenvalue weighted by Crippen LogP contribution is 2.63. The zero-order chi connectivity index (χ0) is 22.8. The third-order valence-corrected chi connectivity index (χ3v) is 7.95. The van der Waals surface area contributed by atoms with Crippen molar-refractivity contribution >= 4 is 5.91 Å². The molecule has 2 heterocycles. The van der Waals surface area contributed by atoms with Gasteiger partial charge in [-0.05, 0) is 80.0 Å². The van der Waals surface area contributed by atoms with Crippen molar-refractivity contribution in [3.8, 4) is 0 Å². The Morgan fingerprint density at radius 2 is 2.00 bits per heavy atom. The molecule has 2 fully saturated rings. The number of hydrogen-bond donors (Lipinski definition) is 3. The largest absolute Gasteiger partial charge is 0.467 e. The number of amides is 1. The Morgan fingerprint density at radius 1 is 1.16 bits per heavy atom. The van der Waals surface area contributed by atoms with Gasteiger partial charge in [0.25, 0.3) is 0 Å². The third-order valence-electron chi connectivity index (χ3n) is 7.95. The molecule has 2 aromatic rings. The van der Waals surface area contributed by atoms with Crippen molar-refractivity contribution < 1.29 is 14.3 Å². The Balaban J connectivity index is 1.49. The van der Waals surface area contributed by atoms with E-state index in [1.165, 1.54) is 0 Å². The number of hydrogen-bond acceptors (Lipinski definition) is 5. The highest BCUT2D eigenvalue weighted by atomic mass is 16.3. The number of pyridine rings is 1. The molecule has 3 N–H and O–H groups in total. The van der Waals surface area contributed by atoms with Crippen LogP contribution < -0.4 is 10.6 Å². The SMILES string of the molecule is CC1(C)C[C@H](NCc2ccccn2)[C@]2(CCC(=O)NCc3ccco3)CC[C@@](C)(O)C[C@@H]12. The van der Waals surface area contributed by atoms with E-state index in [0.29, 0.717) is 24.9 Å². The van der Waals surface area contributed by atoms with Gasteiger partial charge in [-0.15, -0.1) is 0 Å². The van der Waals surface area contributed by atoms with Crippen LogP contribution in [0.25, 0.3) is 0 Å². The average Bonchev–Trinajstić information content (AvgIpc) is 3.35. The molecule has 4 atom stereocenters. The van der Waals surface area contributed by atoms with Gasteiger partial charge in [0.15, 0.2) is 0 Å². The number of rotatable bonds is 8. The van der Waals surface area contributed by atoms with Crippen LogP contribution in [0.4, 0.5) is 0 Å². The van der Waals surface area contributed by atoms with Crippen molar-refractivity contribution in [3.05, 3.63) is 54.2 Å². The summed E-state index contributed by atoms with van der Waals surface area (Å²) >= 11 is 0. The second-order valence-electron chi connectivity index (χ2n) is 10.8. The maximum atomic E-state index is 12.7. The van der Waals surface area contributed by atoms with Gasteiger partial charge < -0.3 is 20.2 Å². The predicted molar refractivity (Wildman–Crippen MR) is 123 cm³/mol. The second-order valence-corrected chi connectivity index (χ2v) is 10.8. The summed E-state index contributed by atoms with van der Waals surface area (Å²) in [5.74, 6) is 1.18. The number of nitrogens with zero attached hydrogens (tertiary/aromatic N) is 1. The van der Waals surface area contributed by atoms with E-state index in [9.17, 15) is 9.90 Å². The van der Waals surface area contributed by atoms with E-state index < -0.39 is 5.60 Å². The highest BCUT2D eigenvalue weighted by Gasteiger charge is 2.61. The quantitative estimate of drug-likeness (QED) is 0.574. The number of furan rings is 1. The van der Waals surface area contributed by atoms with Gasteiger partial charge in [-0.2, -0.15) is 0 Å². The van der Waals surface area contributed by atoms with E-state index >= 15 is 0 Å². The summed E-state index contributed by atoms with van der Waals surface area (Å²) in [6.45, 7) is 7.76. The lowest BCUT2D eigenvalue weighted by molar-refractivity contribution is -0.123. The van der Waals surface area contributed by atoms with Crippen LogP contribution in [0.5, 0.6) is 0 Å². The number of carbonyl (C=O) groups is 1. The summed E-state index contributed by atoms with van der Waals surface area (Å²) in [5.41, 5.74) is 0.477. The Bertz CT molecular complexity index is 894. The van der Waals surface area contributed by atoms with Crippen LogP contribution in [0.1, 0.15) is 70.8 Å². The monoisotopic (exact) mass is 439 g/mol. The highest BCUT2D eigenvalue weighted by molar-refractivity contribution is 5.75. The van der Waals surface area contributed by atoms with E-state index in [1.54, 1.807) is 6.26 Å². The molecule has 32 heavy (non-hydrogen) atoms. The minimum Gasteiger partial charge on any atom is -0.467 e. The second kappa shape index (κ2) is 8.99. The van der Waals surface area contributed by atoms with Crippen LogP contribution in [-0.4, -0.2) is 27.6 Å². The minimum absolute atomic E-state index is 0.0114. The van der Waals surface area contributed by atoms with E-state index in [1.807, 2.05) is 43.5 Å². The first kappa shape index (κ1) is 23.0. The standard InChI is InChI=1S/C26H37N3O3/c1-24(2)16-22(28-17-19-7-4-5-13-27-19)26(12-11-25(3,31)15-21(24)26)10-9-23(30)29-18-20-8-6-14-32-20/h4-8,13-14,21-22,28,31H,9-12,15-18H2,1-3H3,(H,29,30)/t21-,22-,25+,26+/m0/s1. The van der Waals surface area contributed by atoms with Gasteiger partial charge in [0.1, 0.15) is 5.76 Å². The van der Waals surface area contributed by atoms with Gasteiger partial charge in [-0.1, -0.05) is 19.9 Å². The predicted octanol–water partition coefficient (Wildman–Crippen LogP) is 4.20. The Hall–Kier alpha value is -2.18. The maximum Gasteiger partial charge on any atom is 0.220 e. The molecule has 174 valence electrons. The van der Waals surface area contributed by atoms with E-state index in [0.717, 1.165) is 50.1 Å². The molecule has 1 amide bonds. The summed E-state index contributed by atoms with van der Waals surface area (Å²) in [6, 6.07) is 9.99. The fraction of sp³-hybridized carbons (Fsp3) is 0.615. The molecule has 2 saturated carbocycles. The lowest BCUT2D eigenvalue weighted by atomic mass is 9.57. The van der Waals surface area contributed by atoms with Gasteiger partial charge in [0, 0.05) is 25.2 Å². The number of fused-ring (bicyclic) bond motifs is 1. The molecule has 0 bridgehead atoms. The molecular weight excluding hydrogens is 402 g/mol. The first-order valence-corrected chi connectivity index (χ1v) is 11.9. The lowest BCUT2D eigenvalue weighted by Gasteiger charge is -2.51. The molecule has 6 nitrogen and oxygen atoms in total. The zero-order valence-corrected chi connectivity index (χ0v) is 19.6. The first-order chi connectivity index (χ1) is 15.2. The van der Waals surface area contributed by atoms with Crippen molar-refractivity contribution in [1.29, 1.82) is 0 Å². The van der Waals surface area contributed by atoms with Crippen molar-refractivity contribution in [2.24, 2.45) is 16.7 Å². The van der Waals surface area contributed by atoms with E-state index in [2.05, 4.69) is 29.5 Å². The summed E-state index contributed by atoms with van der Waals surface area (Å²) in [6.07, 6.45) is 8.28. The summed E-state index contributed by atoms with van der Waals surface area (Å²) in [4.78, 5) is 17.2. The van der Waals surface area contributed by atoms with Gasteiger partial charge in [0.05, 0.1) is 24.1 Å². The molecule has 2 aromatic heterocycles. The molecule has 6 heteroatoms. The van der Waals surface area contributed by atoms with E-state index in [-0.39, 0.29) is 16.7 Å². The topological polar surface area (TPSA) is 87.4 Å². The Kier molecular flexibility index (Phi) is 6.46. The number of carbonyl (C=O) groups excluding carboxylic acids is 1. The normalized spacial score (nSPS) is 31.2. The lowest BCUT2D eigenvalue weighted by Crippen LogP contribution is -2.51. The Labute approximate surface area is 191 Å². The summed E-state index contributed by atoms with van der Waals surface area (Å²) < 4.78 is 5.33. The number of aromatic nitrogens is 1. The molecule has 0 radical (unpaired) electrons. The molecule has 0 aliphatic heterocycles. The third kappa shape index (κ3) is 4.91. The van der Waals surface area contributed by atoms with Gasteiger partial charge in [-0.3, -0.25) is 9.78 Å². The molecular formula is C26H37N3O3. The summed E-state index contributed by atoms with van der Waals surface area (Å²) in [7, 11) is 0. The number of aliphatic hydroxyl groups is 1. The average molecular weight is 440 g/mol.